The minimum absolute atomic E-state index is 0.217. The van der Waals surface area contributed by atoms with Gasteiger partial charge in [-0.25, -0.2) is 13.2 Å². The van der Waals surface area contributed by atoms with Crippen LogP contribution in [0.15, 0.2) is 41.2 Å². The van der Waals surface area contributed by atoms with Crippen molar-refractivity contribution in [2.45, 2.75) is 51.4 Å². The lowest BCUT2D eigenvalue weighted by Gasteiger charge is -2.35. The van der Waals surface area contributed by atoms with Crippen molar-refractivity contribution in [1.29, 1.82) is 0 Å². The Labute approximate surface area is 217 Å². The maximum Gasteiger partial charge on any atom is 0.410 e. The van der Waals surface area contributed by atoms with Crippen LogP contribution >= 0.6 is 11.6 Å². The van der Waals surface area contributed by atoms with Gasteiger partial charge in [-0.1, -0.05) is 17.7 Å². The quantitative estimate of drug-likeness (QED) is 0.417. The van der Waals surface area contributed by atoms with Crippen LogP contribution in [0, 0.1) is 0 Å². The number of carbonyl (C=O) groups is 2. The summed E-state index contributed by atoms with van der Waals surface area (Å²) in [6.07, 6.45) is 3.90. The second kappa shape index (κ2) is 11.0. The fraction of sp³-hybridized carbons (Fsp3) is 0.480. The molecule has 1 N–H and O–H groups in total. The third kappa shape index (κ3) is 7.33. The van der Waals surface area contributed by atoms with Gasteiger partial charge in [0.2, 0.25) is 10.0 Å². The molecule has 1 saturated heterocycles. The summed E-state index contributed by atoms with van der Waals surface area (Å²) in [6, 6.07) is 5.09. The highest BCUT2D eigenvalue weighted by Gasteiger charge is 2.36. The van der Waals surface area contributed by atoms with Crippen LogP contribution in [0.5, 0.6) is 0 Å². The van der Waals surface area contributed by atoms with Crippen LogP contribution in [-0.2, 0) is 14.8 Å². The molecular weight excluding hydrogens is 504 g/mol. The van der Waals surface area contributed by atoms with Crippen molar-refractivity contribution in [3.8, 4) is 0 Å². The van der Waals surface area contributed by atoms with Crippen molar-refractivity contribution < 1.29 is 22.7 Å². The van der Waals surface area contributed by atoms with E-state index in [2.05, 4.69) is 16.4 Å². The summed E-state index contributed by atoms with van der Waals surface area (Å²) in [5.74, 6) is -0.217. The predicted octanol–water partition coefficient (Wildman–Crippen LogP) is 4.06. The molecular formula is C25H33ClN4O5S. The van der Waals surface area contributed by atoms with E-state index in [1.807, 2.05) is 27.7 Å². The van der Waals surface area contributed by atoms with E-state index in [9.17, 15) is 18.0 Å². The number of allylic oxidation sites excluding steroid dienone is 2. The number of sulfonamides is 1. The van der Waals surface area contributed by atoms with Crippen molar-refractivity contribution in [1.82, 2.24) is 14.5 Å². The highest BCUT2D eigenvalue weighted by Crippen LogP contribution is 2.29. The van der Waals surface area contributed by atoms with Gasteiger partial charge in [-0.05, 0) is 76.6 Å². The first-order chi connectivity index (χ1) is 16.8. The fourth-order valence-electron chi connectivity index (χ4n) is 3.66. The summed E-state index contributed by atoms with van der Waals surface area (Å²) < 4.78 is 32.6. The van der Waals surface area contributed by atoms with Crippen LogP contribution in [0.2, 0.25) is 5.02 Å². The minimum atomic E-state index is -3.45. The average molecular weight is 537 g/mol. The summed E-state index contributed by atoms with van der Waals surface area (Å²) >= 11 is 6.48. The first-order valence-corrected chi connectivity index (χ1v) is 13.7. The Kier molecular flexibility index (Phi) is 8.51. The van der Waals surface area contributed by atoms with Gasteiger partial charge >= 0.3 is 6.09 Å². The van der Waals surface area contributed by atoms with Gasteiger partial charge in [-0.3, -0.25) is 14.5 Å². The van der Waals surface area contributed by atoms with Crippen LogP contribution in [0.1, 0.15) is 56.5 Å². The normalized spacial score (nSPS) is 17.6. The third-order valence-corrected chi connectivity index (χ3v) is 7.88. The van der Waals surface area contributed by atoms with E-state index in [1.165, 1.54) is 6.20 Å². The lowest BCUT2D eigenvalue weighted by Crippen LogP contribution is -2.51. The molecule has 1 aromatic rings. The van der Waals surface area contributed by atoms with Crippen molar-refractivity contribution >= 4 is 45.9 Å². The molecule has 1 aliphatic heterocycles. The first kappa shape index (κ1) is 27.7. The number of piperazine rings is 1. The standard InChI is InChI=1S/C25H33ClN4O5S/c1-17(14-19(16-27-5)28-36(33,34)20-7-8-20)18-6-9-21(22(26)15-18)23(31)29-10-12-30(13-11-29)24(32)35-25(2,3)4/h6,9,14-16,20,28H,5,7-8,10-13H2,1-4H3/b17-14+,19-16+. The number of rotatable bonds is 7. The molecule has 0 aromatic heterocycles. The molecule has 2 aliphatic rings. The molecule has 1 heterocycles. The summed E-state index contributed by atoms with van der Waals surface area (Å²) in [4.78, 5) is 32.3. The Bertz CT molecular complexity index is 1190. The SMILES string of the molecule is C=N/C=C(\C=C(/C)c1ccc(C(=O)N2CCN(C(=O)OC(C)(C)C)CC2)c(Cl)c1)NS(=O)(=O)C1CC1. The van der Waals surface area contributed by atoms with Gasteiger partial charge in [-0.2, -0.15) is 0 Å². The number of nitrogens with one attached hydrogen (secondary N) is 1. The predicted molar refractivity (Wildman–Crippen MR) is 142 cm³/mol. The van der Waals surface area contributed by atoms with Gasteiger partial charge in [0.05, 0.1) is 27.7 Å². The summed E-state index contributed by atoms with van der Waals surface area (Å²) in [5.41, 5.74) is 1.54. The van der Waals surface area contributed by atoms with E-state index in [4.69, 9.17) is 16.3 Å². The molecule has 0 bridgehead atoms. The van der Waals surface area contributed by atoms with Gasteiger partial charge in [-0.15, -0.1) is 0 Å². The Morgan fingerprint density at radius 3 is 2.31 bits per heavy atom. The smallest absolute Gasteiger partial charge is 0.410 e. The van der Waals surface area contributed by atoms with Crippen LogP contribution in [0.25, 0.3) is 5.57 Å². The van der Waals surface area contributed by atoms with Crippen LogP contribution in [0.4, 0.5) is 4.79 Å². The molecule has 0 spiro atoms. The molecule has 0 atom stereocenters. The molecule has 2 amide bonds. The molecule has 1 aliphatic carbocycles. The molecule has 1 saturated carbocycles. The number of nitrogens with zero attached hydrogens (tertiary/aromatic N) is 3. The molecule has 0 radical (unpaired) electrons. The Morgan fingerprint density at radius 2 is 1.78 bits per heavy atom. The topological polar surface area (TPSA) is 108 Å². The van der Waals surface area contributed by atoms with E-state index in [0.29, 0.717) is 50.3 Å². The molecule has 2 fully saturated rings. The van der Waals surface area contributed by atoms with Gasteiger partial charge in [0, 0.05) is 26.2 Å². The van der Waals surface area contributed by atoms with Gasteiger partial charge in [0.1, 0.15) is 5.60 Å². The zero-order valence-corrected chi connectivity index (χ0v) is 22.7. The number of hydrogen-bond donors (Lipinski definition) is 1. The van der Waals surface area contributed by atoms with Crippen molar-refractivity contribution in [3.05, 3.63) is 52.3 Å². The maximum atomic E-state index is 13.1. The molecule has 3 rings (SSSR count). The van der Waals surface area contributed by atoms with E-state index < -0.39 is 21.7 Å². The Morgan fingerprint density at radius 1 is 1.17 bits per heavy atom. The Balaban J connectivity index is 1.67. The maximum absolute atomic E-state index is 13.1. The van der Waals surface area contributed by atoms with Crippen molar-refractivity contribution in [2.75, 3.05) is 26.2 Å². The number of halogens is 1. The first-order valence-electron chi connectivity index (χ1n) is 11.7. The zero-order valence-electron chi connectivity index (χ0n) is 21.1. The highest BCUT2D eigenvalue weighted by molar-refractivity contribution is 7.90. The summed E-state index contributed by atoms with van der Waals surface area (Å²) in [6.45, 7) is 12.2. The second-order valence-electron chi connectivity index (χ2n) is 9.90. The number of aliphatic imine (C=N–C) groups is 1. The second-order valence-corrected chi connectivity index (χ2v) is 12.3. The van der Waals surface area contributed by atoms with Gasteiger partial charge in [0.25, 0.3) is 5.91 Å². The van der Waals surface area contributed by atoms with Crippen LogP contribution < -0.4 is 4.72 Å². The number of amides is 2. The van der Waals surface area contributed by atoms with Gasteiger partial charge in [0.15, 0.2) is 0 Å². The zero-order chi connectivity index (χ0) is 26.7. The van der Waals surface area contributed by atoms with Crippen molar-refractivity contribution in [2.24, 2.45) is 4.99 Å². The van der Waals surface area contributed by atoms with Crippen LogP contribution in [0.3, 0.4) is 0 Å². The molecule has 1 aromatic carbocycles. The molecule has 0 unspecified atom stereocenters. The monoisotopic (exact) mass is 536 g/mol. The number of benzene rings is 1. The molecule has 196 valence electrons. The van der Waals surface area contributed by atoms with E-state index in [1.54, 1.807) is 34.1 Å². The van der Waals surface area contributed by atoms with E-state index >= 15 is 0 Å². The number of carbonyl (C=O) groups excluding carboxylic acids is 2. The lowest BCUT2D eigenvalue weighted by molar-refractivity contribution is 0.0141. The molecule has 9 nitrogen and oxygen atoms in total. The average Bonchev–Trinajstić information content (AvgIpc) is 3.64. The fourth-order valence-corrected chi connectivity index (χ4v) is 5.28. The Hall–Kier alpha value is -2.85. The molecule has 11 heteroatoms. The van der Waals surface area contributed by atoms with Crippen molar-refractivity contribution in [3.63, 3.8) is 0 Å². The van der Waals surface area contributed by atoms with E-state index in [-0.39, 0.29) is 16.2 Å². The van der Waals surface area contributed by atoms with Gasteiger partial charge < -0.3 is 14.5 Å². The van der Waals surface area contributed by atoms with E-state index in [0.717, 1.165) is 11.1 Å². The highest BCUT2D eigenvalue weighted by atomic mass is 35.5. The lowest BCUT2D eigenvalue weighted by atomic mass is 10.0. The number of hydrogen-bond acceptors (Lipinski definition) is 6. The molecule has 36 heavy (non-hydrogen) atoms. The largest absolute Gasteiger partial charge is 0.444 e. The van der Waals surface area contributed by atoms with Crippen LogP contribution in [-0.4, -0.2) is 74.0 Å². The minimum Gasteiger partial charge on any atom is -0.444 e. The summed E-state index contributed by atoms with van der Waals surface area (Å²) in [7, 11) is -3.45. The summed E-state index contributed by atoms with van der Waals surface area (Å²) in [5, 5.41) is -0.0871. The number of ether oxygens (including phenoxy) is 1. The third-order valence-electron chi connectivity index (χ3n) is 5.70.